The number of anilines is 3. The van der Waals surface area contributed by atoms with Crippen LogP contribution in [0.5, 0.6) is 0 Å². The van der Waals surface area contributed by atoms with Gasteiger partial charge < -0.3 is 14.8 Å². The van der Waals surface area contributed by atoms with Crippen LogP contribution in [0.4, 0.5) is 17.1 Å². The van der Waals surface area contributed by atoms with Crippen LogP contribution < -0.4 is 10.2 Å². The van der Waals surface area contributed by atoms with Crippen LogP contribution >= 0.6 is 0 Å². The van der Waals surface area contributed by atoms with E-state index in [1.165, 1.54) is 71.8 Å². The van der Waals surface area contributed by atoms with Gasteiger partial charge in [-0.15, -0.1) is 0 Å². The molecule has 1 aliphatic carbocycles. The van der Waals surface area contributed by atoms with Crippen LogP contribution in [0.25, 0.3) is 60.4 Å². The highest BCUT2D eigenvalue weighted by atomic mass is 15.3. The monoisotopic (exact) mass is 894 g/mol. The van der Waals surface area contributed by atoms with Crippen molar-refractivity contribution in [2.24, 2.45) is 9.98 Å². The van der Waals surface area contributed by atoms with Crippen LogP contribution in [0, 0.1) is 0 Å². The van der Waals surface area contributed by atoms with E-state index in [2.05, 4.69) is 262 Å². The lowest BCUT2D eigenvalue weighted by Crippen LogP contribution is -2.37. The number of rotatable bonds is 5. The molecule has 6 nitrogen and oxygen atoms in total. The topological polar surface area (TPSA) is 49.9 Å². The Hall–Kier alpha value is -9.26. The molecule has 0 bridgehead atoms. The van der Waals surface area contributed by atoms with Gasteiger partial charge in [-0.3, -0.25) is 4.57 Å². The summed E-state index contributed by atoms with van der Waals surface area (Å²) in [6.45, 7) is 0. The number of nitrogens with one attached hydrogen (secondary N) is 1. The molecule has 1 spiro atoms. The summed E-state index contributed by atoms with van der Waals surface area (Å²) in [7, 11) is 0. The van der Waals surface area contributed by atoms with Gasteiger partial charge in [0.15, 0.2) is 0 Å². The maximum atomic E-state index is 5.64. The van der Waals surface area contributed by atoms with Gasteiger partial charge in [0.05, 0.1) is 38.9 Å². The van der Waals surface area contributed by atoms with E-state index < -0.39 is 11.7 Å². The summed E-state index contributed by atoms with van der Waals surface area (Å²) >= 11 is 0. The second-order valence-electron chi connectivity index (χ2n) is 18.5. The number of aliphatic imine (C=N–C) groups is 2. The molecule has 0 radical (unpaired) electrons. The molecule has 0 fully saturated rings. The standard InChI is InChI=1S/C64H42N6/c1-4-20-41(21-5-1)61-65-62(67-63(66-61)70-56-33-17-12-28-47(56)50-39-49-46-27-11-16-32-55(46)68(59(49)40-60(50)70)43-22-6-2-7-23-43)42-36-37-52-48(38-42)45-26-10-13-29-51(45)64(52)53-30-14-18-34-57(53)69(44-24-8-3-9-25-44)58-35-19-15-31-54(58)64/h1-40,63H,(H,65,66,67). The minimum absolute atomic E-state index is 0.555. The summed E-state index contributed by atoms with van der Waals surface area (Å²) in [5, 5.41) is 8.54. The Kier molecular flexibility index (Phi) is 8.24. The van der Waals surface area contributed by atoms with Crippen molar-refractivity contribution in [1.82, 2.24) is 14.5 Å². The average molecular weight is 895 g/mol. The van der Waals surface area contributed by atoms with E-state index in [-0.39, 0.29) is 0 Å². The Bertz CT molecular complexity index is 4120. The number of benzene rings is 10. The predicted molar refractivity (Wildman–Crippen MR) is 287 cm³/mol. The van der Waals surface area contributed by atoms with Crippen LogP contribution in [0.2, 0.25) is 0 Å². The molecule has 0 saturated heterocycles. The molecule has 1 unspecified atom stereocenters. The molecule has 2 aliphatic heterocycles. The van der Waals surface area contributed by atoms with E-state index >= 15 is 0 Å². The molecule has 4 heterocycles. The maximum Gasteiger partial charge on any atom is 0.224 e. The first-order valence-corrected chi connectivity index (χ1v) is 24.0. The molecule has 10 aromatic carbocycles. The van der Waals surface area contributed by atoms with Gasteiger partial charge in [-0.05, 0) is 100 Å². The fourth-order valence-corrected chi connectivity index (χ4v) is 12.1. The minimum Gasteiger partial charge on any atom is -0.324 e. The zero-order valence-electron chi connectivity index (χ0n) is 37.9. The summed E-state index contributed by atoms with van der Waals surface area (Å²) in [4.78, 5) is 13.6. The van der Waals surface area contributed by atoms with E-state index in [0.717, 1.165) is 50.7 Å². The van der Waals surface area contributed by atoms with Crippen molar-refractivity contribution >= 4 is 72.3 Å². The molecular formula is C64H42N6. The molecule has 0 amide bonds. The molecule has 15 rings (SSSR count). The van der Waals surface area contributed by atoms with E-state index in [9.17, 15) is 0 Å². The summed E-state index contributed by atoms with van der Waals surface area (Å²) in [6.07, 6.45) is -0.617. The molecule has 0 saturated carbocycles. The van der Waals surface area contributed by atoms with Crippen molar-refractivity contribution in [2.75, 3.05) is 4.90 Å². The number of hydrogen-bond donors (Lipinski definition) is 1. The van der Waals surface area contributed by atoms with E-state index in [0.29, 0.717) is 0 Å². The third kappa shape index (κ3) is 5.38. The largest absolute Gasteiger partial charge is 0.324 e. The second kappa shape index (κ2) is 14.9. The van der Waals surface area contributed by atoms with Crippen molar-refractivity contribution in [3.63, 3.8) is 0 Å². The van der Waals surface area contributed by atoms with E-state index in [1.807, 2.05) is 0 Å². The van der Waals surface area contributed by atoms with Gasteiger partial charge in [-0.2, -0.15) is 0 Å². The summed E-state index contributed by atoms with van der Waals surface area (Å²) in [6, 6.07) is 88.0. The molecule has 328 valence electrons. The zero-order valence-corrected chi connectivity index (χ0v) is 37.9. The Balaban J connectivity index is 0.953. The van der Waals surface area contributed by atoms with Crippen molar-refractivity contribution in [2.45, 2.75) is 11.7 Å². The fraction of sp³-hybridized carbons (Fsp3) is 0.0312. The average Bonchev–Trinajstić information content (AvgIpc) is 4.04. The van der Waals surface area contributed by atoms with E-state index in [4.69, 9.17) is 9.98 Å². The Morgan fingerprint density at radius 2 is 0.886 bits per heavy atom. The molecule has 3 aliphatic rings. The number of aromatic nitrogens is 2. The first-order chi connectivity index (χ1) is 34.7. The Morgan fingerprint density at radius 1 is 0.357 bits per heavy atom. The lowest BCUT2D eigenvalue weighted by Gasteiger charge is -2.45. The van der Waals surface area contributed by atoms with Crippen molar-refractivity contribution in [3.05, 3.63) is 276 Å². The lowest BCUT2D eigenvalue weighted by atomic mass is 9.64. The molecule has 6 heteroatoms. The quantitative estimate of drug-likeness (QED) is 0.187. The molecular weight excluding hydrogens is 853 g/mol. The number of amidine groups is 2. The fourth-order valence-electron chi connectivity index (χ4n) is 12.1. The minimum atomic E-state index is -0.617. The van der Waals surface area contributed by atoms with Gasteiger partial charge in [0.1, 0.15) is 11.7 Å². The van der Waals surface area contributed by atoms with Crippen LogP contribution in [-0.4, -0.2) is 20.8 Å². The molecule has 1 N–H and O–H groups in total. The highest BCUT2D eigenvalue weighted by molar-refractivity contribution is 6.20. The smallest absolute Gasteiger partial charge is 0.224 e. The van der Waals surface area contributed by atoms with Crippen LogP contribution in [0.15, 0.2) is 253 Å². The number of fused-ring (bicyclic) bond motifs is 15. The lowest BCUT2D eigenvalue weighted by molar-refractivity contribution is 0.575. The van der Waals surface area contributed by atoms with E-state index in [1.54, 1.807) is 0 Å². The summed E-state index contributed by atoms with van der Waals surface area (Å²) in [5.41, 5.74) is 18.0. The maximum absolute atomic E-state index is 5.64. The van der Waals surface area contributed by atoms with Crippen LogP contribution in [-0.2, 0) is 5.41 Å². The highest BCUT2D eigenvalue weighted by Crippen LogP contribution is 2.63. The molecule has 70 heavy (non-hydrogen) atoms. The summed E-state index contributed by atoms with van der Waals surface area (Å²) in [5.74, 6) is 1.54. The predicted octanol–water partition coefficient (Wildman–Crippen LogP) is 15.0. The summed E-state index contributed by atoms with van der Waals surface area (Å²) < 4.78 is 4.73. The first kappa shape index (κ1) is 38.8. The molecule has 2 aromatic heterocycles. The Labute approximate surface area is 404 Å². The zero-order chi connectivity index (χ0) is 45.9. The number of nitrogens with zero attached hydrogens (tertiary/aromatic N) is 5. The van der Waals surface area contributed by atoms with Crippen molar-refractivity contribution in [1.29, 1.82) is 0 Å². The molecule has 12 aromatic rings. The first-order valence-electron chi connectivity index (χ1n) is 24.0. The number of hydrogen-bond acceptors (Lipinski definition) is 4. The molecule has 1 atom stereocenters. The van der Waals surface area contributed by atoms with Gasteiger partial charge in [0.2, 0.25) is 6.29 Å². The van der Waals surface area contributed by atoms with Crippen LogP contribution in [0.1, 0.15) is 39.7 Å². The third-order valence-electron chi connectivity index (χ3n) is 15.0. The van der Waals surface area contributed by atoms with Gasteiger partial charge in [-0.1, -0.05) is 176 Å². The Morgan fingerprint density at radius 3 is 1.60 bits per heavy atom. The third-order valence-corrected chi connectivity index (χ3v) is 15.0. The van der Waals surface area contributed by atoms with Crippen molar-refractivity contribution in [3.8, 4) is 16.8 Å². The van der Waals surface area contributed by atoms with Crippen LogP contribution in [0.3, 0.4) is 0 Å². The number of para-hydroxylation sites is 6. The second-order valence-corrected chi connectivity index (χ2v) is 18.5. The SMILES string of the molecule is c1ccc(C2=NC(n3c4ccccc4c4cc5c6ccccc6n(-c6ccccc6)c5cc43)N=C(c3ccc4c(c3)-c3ccccc3C43c4ccccc4N(c4ccccc4)c4ccccc43)N2)cc1. The van der Waals surface area contributed by atoms with Gasteiger partial charge in [0.25, 0.3) is 0 Å². The van der Waals surface area contributed by atoms with Gasteiger partial charge in [0, 0.05) is 44.0 Å². The highest BCUT2D eigenvalue weighted by Gasteiger charge is 2.51. The normalized spacial score (nSPS) is 15.4. The van der Waals surface area contributed by atoms with Gasteiger partial charge >= 0.3 is 0 Å². The van der Waals surface area contributed by atoms with Crippen molar-refractivity contribution < 1.29 is 0 Å². The van der Waals surface area contributed by atoms with Gasteiger partial charge in [-0.25, -0.2) is 9.98 Å².